The summed E-state index contributed by atoms with van der Waals surface area (Å²) in [6.07, 6.45) is 2.38. The molecule has 2 heterocycles. The number of amides is 1. The number of hydrogen-bond donors (Lipinski definition) is 1. The predicted octanol–water partition coefficient (Wildman–Crippen LogP) is 2.62. The molecular formula is C21H23N3O5. The fourth-order valence-corrected chi connectivity index (χ4v) is 2.94. The highest BCUT2D eigenvalue weighted by Gasteiger charge is 2.17. The van der Waals surface area contributed by atoms with Gasteiger partial charge in [0, 0.05) is 6.42 Å². The molecule has 0 fully saturated rings. The molecule has 3 rings (SSSR count). The molecule has 2 aromatic heterocycles. The fraction of sp³-hybridized carbons (Fsp3) is 0.333. The normalized spacial score (nSPS) is 10.7. The summed E-state index contributed by atoms with van der Waals surface area (Å²) >= 11 is 0. The van der Waals surface area contributed by atoms with Crippen molar-refractivity contribution in [3.8, 4) is 5.88 Å². The molecular weight excluding hydrogens is 374 g/mol. The lowest BCUT2D eigenvalue weighted by atomic mass is 10.1. The summed E-state index contributed by atoms with van der Waals surface area (Å²) < 4.78 is 15.2. The summed E-state index contributed by atoms with van der Waals surface area (Å²) in [5.74, 6) is 0.359. The van der Waals surface area contributed by atoms with Crippen molar-refractivity contribution in [3.05, 3.63) is 75.0 Å². The van der Waals surface area contributed by atoms with E-state index in [1.807, 2.05) is 18.2 Å². The van der Waals surface area contributed by atoms with Crippen LogP contribution in [-0.4, -0.2) is 29.4 Å². The maximum Gasteiger partial charge on any atom is 0.349 e. The predicted molar refractivity (Wildman–Crippen MR) is 105 cm³/mol. The average Bonchev–Trinajstić information content (AvgIpc) is 3.10. The Morgan fingerprint density at radius 2 is 1.93 bits per heavy atom. The van der Waals surface area contributed by atoms with Gasteiger partial charge in [-0.15, -0.1) is 0 Å². The molecule has 1 amide bonds. The monoisotopic (exact) mass is 397 g/mol. The topological polar surface area (TPSA) is 107 Å². The maximum absolute atomic E-state index is 12.4. The van der Waals surface area contributed by atoms with Gasteiger partial charge in [-0.2, -0.15) is 0 Å². The van der Waals surface area contributed by atoms with Gasteiger partial charge >= 0.3 is 5.63 Å². The number of carbonyl (C=O) groups is 1. The highest BCUT2D eigenvalue weighted by Crippen LogP contribution is 2.12. The number of ether oxygens (including phenoxy) is 1. The summed E-state index contributed by atoms with van der Waals surface area (Å²) in [6, 6.07) is 11.9. The number of nitrogens with one attached hydrogen (secondary N) is 1. The summed E-state index contributed by atoms with van der Waals surface area (Å²) in [7, 11) is 0. The summed E-state index contributed by atoms with van der Waals surface area (Å²) in [5.41, 5.74) is 1.73. The van der Waals surface area contributed by atoms with E-state index < -0.39 is 11.5 Å². The van der Waals surface area contributed by atoms with Crippen molar-refractivity contribution in [2.45, 2.75) is 33.1 Å². The molecule has 8 heteroatoms. The van der Waals surface area contributed by atoms with E-state index in [2.05, 4.69) is 32.4 Å². The van der Waals surface area contributed by atoms with Gasteiger partial charge in [0.25, 0.3) is 11.8 Å². The molecule has 0 spiro atoms. The van der Waals surface area contributed by atoms with Crippen LogP contribution in [0.3, 0.4) is 0 Å². The van der Waals surface area contributed by atoms with Crippen LogP contribution in [-0.2, 0) is 12.8 Å². The van der Waals surface area contributed by atoms with Crippen LogP contribution in [0, 0.1) is 13.8 Å². The summed E-state index contributed by atoms with van der Waals surface area (Å²) in [5, 5.41) is 9.83. The second-order valence-electron chi connectivity index (χ2n) is 6.66. The van der Waals surface area contributed by atoms with Gasteiger partial charge in [0.2, 0.25) is 0 Å². The van der Waals surface area contributed by atoms with Crippen molar-refractivity contribution in [3.63, 3.8) is 0 Å². The lowest BCUT2D eigenvalue weighted by molar-refractivity contribution is 0.0941. The molecule has 3 aromatic rings. The Bertz CT molecular complexity index is 1010. The van der Waals surface area contributed by atoms with Crippen molar-refractivity contribution in [1.29, 1.82) is 0 Å². The van der Waals surface area contributed by atoms with E-state index in [-0.39, 0.29) is 24.6 Å². The van der Waals surface area contributed by atoms with Crippen LogP contribution in [0.1, 0.15) is 39.4 Å². The molecule has 0 saturated heterocycles. The van der Waals surface area contributed by atoms with Crippen molar-refractivity contribution >= 4 is 5.91 Å². The van der Waals surface area contributed by atoms with Crippen LogP contribution < -0.4 is 15.7 Å². The Morgan fingerprint density at radius 1 is 1.14 bits per heavy atom. The third kappa shape index (κ3) is 5.54. The van der Waals surface area contributed by atoms with Crippen molar-refractivity contribution in [2.75, 3.05) is 13.2 Å². The molecule has 0 atom stereocenters. The number of carbonyl (C=O) groups excluding carboxylic acids is 1. The zero-order chi connectivity index (χ0) is 20.6. The van der Waals surface area contributed by atoms with E-state index in [0.29, 0.717) is 23.4 Å². The minimum Gasteiger partial charge on any atom is -0.472 e. The molecule has 0 bridgehead atoms. The Balaban J connectivity index is 1.52. The Labute approximate surface area is 167 Å². The van der Waals surface area contributed by atoms with Crippen molar-refractivity contribution < 1.29 is 18.6 Å². The Kier molecular flexibility index (Phi) is 6.78. The van der Waals surface area contributed by atoms with Crippen LogP contribution in [0.4, 0.5) is 0 Å². The number of aromatic nitrogens is 2. The smallest absolute Gasteiger partial charge is 0.349 e. The molecule has 152 valence electrons. The SMILES string of the molecule is Cc1cc(CCCc2ccccc2)oc(=O)c1C(=O)NCCOc1nonc1C. The first-order valence-corrected chi connectivity index (χ1v) is 9.42. The minimum absolute atomic E-state index is 0.0103. The van der Waals surface area contributed by atoms with Crippen molar-refractivity contribution in [2.24, 2.45) is 0 Å². The first-order chi connectivity index (χ1) is 14.0. The third-order valence-corrected chi connectivity index (χ3v) is 4.40. The standard InChI is InChI=1S/C21H23N3O5/c1-14-13-17(10-6-9-16-7-4-3-5-8-16)28-21(26)18(14)19(25)22-11-12-27-20-15(2)23-29-24-20/h3-5,7-8,13H,6,9-12H2,1-2H3,(H,22,25). The van der Waals surface area contributed by atoms with Gasteiger partial charge in [-0.1, -0.05) is 35.5 Å². The largest absolute Gasteiger partial charge is 0.472 e. The molecule has 29 heavy (non-hydrogen) atoms. The van der Waals surface area contributed by atoms with Crippen LogP contribution in [0.5, 0.6) is 5.88 Å². The Morgan fingerprint density at radius 3 is 2.62 bits per heavy atom. The first kappa shape index (κ1) is 20.3. The molecule has 1 N–H and O–H groups in total. The lowest BCUT2D eigenvalue weighted by Crippen LogP contribution is -2.32. The maximum atomic E-state index is 12.4. The molecule has 8 nitrogen and oxygen atoms in total. The molecule has 0 radical (unpaired) electrons. The van der Waals surface area contributed by atoms with E-state index >= 15 is 0 Å². The Hall–Kier alpha value is -3.42. The van der Waals surface area contributed by atoms with Gasteiger partial charge in [0.1, 0.15) is 23.6 Å². The number of hydrogen-bond acceptors (Lipinski definition) is 7. The molecule has 0 aliphatic carbocycles. The minimum atomic E-state index is -0.630. The van der Waals surface area contributed by atoms with Gasteiger partial charge in [-0.3, -0.25) is 4.79 Å². The highest BCUT2D eigenvalue weighted by molar-refractivity contribution is 5.95. The highest BCUT2D eigenvalue weighted by atomic mass is 16.6. The van der Waals surface area contributed by atoms with Gasteiger partial charge in [-0.05, 0) is 49.0 Å². The second kappa shape index (κ2) is 9.68. The van der Waals surface area contributed by atoms with E-state index in [0.717, 1.165) is 12.8 Å². The molecule has 0 aliphatic heterocycles. The van der Waals surface area contributed by atoms with Gasteiger partial charge < -0.3 is 14.5 Å². The molecule has 0 aliphatic rings. The number of rotatable bonds is 9. The molecule has 0 unspecified atom stereocenters. The zero-order valence-electron chi connectivity index (χ0n) is 16.4. The van der Waals surface area contributed by atoms with E-state index in [4.69, 9.17) is 9.15 Å². The van der Waals surface area contributed by atoms with Gasteiger partial charge in [0.15, 0.2) is 0 Å². The van der Waals surface area contributed by atoms with E-state index in [9.17, 15) is 9.59 Å². The number of benzene rings is 1. The number of aryl methyl sites for hydroxylation is 4. The lowest BCUT2D eigenvalue weighted by Gasteiger charge is -2.08. The average molecular weight is 397 g/mol. The summed E-state index contributed by atoms with van der Waals surface area (Å²) in [4.78, 5) is 24.7. The van der Waals surface area contributed by atoms with E-state index in [1.54, 1.807) is 19.9 Å². The van der Waals surface area contributed by atoms with Gasteiger partial charge in [0.05, 0.1) is 6.54 Å². The summed E-state index contributed by atoms with van der Waals surface area (Å²) in [6.45, 7) is 3.79. The van der Waals surface area contributed by atoms with Crippen molar-refractivity contribution in [1.82, 2.24) is 15.6 Å². The third-order valence-electron chi connectivity index (χ3n) is 4.40. The first-order valence-electron chi connectivity index (χ1n) is 9.42. The zero-order valence-corrected chi connectivity index (χ0v) is 16.4. The van der Waals surface area contributed by atoms with Crippen LogP contribution in [0.15, 0.2) is 50.2 Å². The second-order valence-corrected chi connectivity index (χ2v) is 6.66. The molecule has 0 saturated carbocycles. The number of nitrogens with zero attached hydrogens (tertiary/aromatic N) is 2. The fourth-order valence-electron chi connectivity index (χ4n) is 2.94. The quantitative estimate of drug-likeness (QED) is 0.553. The van der Waals surface area contributed by atoms with Crippen LogP contribution in [0.2, 0.25) is 0 Å². The van der Waals surface area contributed by atoms with Crippen LogP contribution >= 0.6 is 0 Å². The van der Waals surface area contributed by atoms with Crippen LogP contribution in [0.25, 0.3) is 0 Å². The van der Waals surface area contributed by atoms with Gasteiger partial charge in [-0.25, -0.2) is 9.42 Å². The van der Waals surface area contributed by atoms with E-state index in [1.165, 1.54) is 5.56 Å². The molecule has 1 aromatic carbocycles.